The smallest absolute Gasteiger partial charge is 0.229 e. The Kier molecular flexibility index (Phi) is 6.21. The van der Waals surface area contributed by atoms with Gasteiger partial charge in [-0.3, -0.25) is 4.90 Å². The molecule has 0 saturated carbocycles. The number of aliphatic hydroxyl groups is 1. The van der Waals surface area contributed by atoms with Crippen molar-refractivity contribution >= 4 is 0 Å². The molecule has 142 valence electrons. The van der Waals surface area contributed by atoms with Crippen molar-refractivity contribution in [3.05, 3.63) is 71.4 Å². The highest BCUT2D eigenvalue weighted by molar-refractivity contribution is 5.56. The molecule has 0 atom stereocenters. The summed E-state index contributed by atoms with van der Waals surface area (Å²) in [5.74, 6) is 0.873. The van der Waals surface area contributed by atoms with Gasteiger partial charge in [0.2, 0.25) is 5.89 Å². The van der Waals surface area contributed by atoms with Crippen LogP contribution in [0.2, 0.25) is 0 Å². The fourth-order valence-corrected chi connectivity index (χ4v) is 2.90. The zero-order valence-corrected chi connectivity index (χ0v) is 15.5. The van der Waals surface area contributed by atoms with Gasteiger partial charge in [-0.25, -0.2) is 9.37 Å². The SMILES string of the molecule is COc1ccc(-c2nc(CN(CCO)Cc3ccccc3)c(C)o2)c(F)c1. The van der Waals surface area contributed by atoms with E-state index in [1.54, 1.807) is 12.1 Å². The van der Waals surface area contributed by atoms with Crippen LogP contribution < -0.4 is 4.74 Å². The summed E-state index contributed by atoms with van der Waals surface area (Å²) in [6.45, 7) is 3.55. The number of methoxy groups -OCH3 is 1. The monoisotopic (exact) mass is 370 g/mol. The third-order valence-electron chi connectivity index (χ3n) is 4.34. The number of oxazole rings is 1. The standard InChI is InChI=1S/C21H23FN2O3/c1-15-20(14-24(10-11-25)13-16-6-4-3-5-7-16)23-21(27-15)18-9-8-17(26-2)12-19(18)22/h3-9,12,25H,10-11,13-14H2,1-2H3. The number of benzene rings is 2. The molecule has 27 heavy (non-hydrogen) atoms. The minimum Gasteiger partial charge on any atom is -0.497 e. The maximum Gasteiger partial charge on any atom is 0.229 e. The first-order valence-electron chi connectivity index (χ1n) is 8.78. The lowest BCUT2D eigenvalue weighted by atomic mass is 10.2. The molecule has 0 bridgehead atoms. The molecular weight excluding hydrogens is 347 g/mol. The van der Waals surface area contributed by atoms with Crippen LogP contribution >= 0.6 is 0 Å². The van der Waals surface area contributed by atoms with E-state index in [0.717, 1.165) is 11.3 Å². The van der Waals surface area contributed by atoms with Gasteiger partial charge in [0, 0.05) is 25.7 Å². The Labute approximate surface area is 158 Å². The van der Waals surface area contributed by atoms with Gasteiger partial charge in [-0.1, -0.05) is 30.3 Å². The average molecular weight is 370 g/mol. The Morgan fingerprint density at radius 2 is 1.93 bits per heavy atom. The molecule has 0 fully saturated rings. The van der Waals surface area contributed by atoms with E-state index in [1.807, 2.05) is 37.3 Å². The Morgan fingerprint density at radius 1 is 1.15 bits per heavy atom. The number of ether oxygens (including phenoxy) is 1. The summed E-state index contributed by atoms with van der Waals surface area (Å²) in [6, 6.07) is 14.6. The second kappa shape index (κ2) is 8.79. The first-order valence-corrected chi connectivity index (χ1v) is 8.78. The molecule has 1 N–H and O–H groups in total. The zero-order chi connectivity index (χ0) is 19.2. The molecule has 5 nitrogen and oxygen atoms in total. The number of hydrogen-bond donors (Lipinski definition) is 1. The van der Waals surface area contributed by atoms with Crippen LogP contribution in [0.3, 0.4) is 0 Å². The minimum absolute atomic E-state index is 0.0453. The van der Waals surface area contributed by atoms with Gasteiger partial charge in [0.05, 0.1) is 25.0 Å². The summed E-state index contributed by atoms with van der Waals surface area (Å²) in [5.41, 5.74) is 2.17. The third-order valence-corrected chi connectivity index (χ3v) is 4.34. The number of hydrogen-bond acceptors (Lipinski definition) is 5. The lowest BCUT2D eigenvalue weighted by Crippen LogP contribution is -2.26. The van der Waals surface area contributed by atoms with Crippen LogP contribution in [0.4, 0.5) is 4.39 Å². The number of halogens is 1. The normalized spacial score (nSPS) is 11.1. The van der Waals surface area contributed by atoms with E-state index >= 15 is 0 Å². The van der Waals surface area contributed by atoms with Crippen molar-refractivity contribution in [2.45, 2.75) is 20.0 Å². The van der Waals surface area contributed by atoms with Crippen molar-refractivity contribution in [2.75, 3.05) is 20.3 Å². The Hall–Kier alpha value is -2.70. The Bertz CT molecular complexity index is 880. The maximum atomic E-state index is 14.3. The van der Waals surface area contributed by atoms with E-state index in [4.69, 9.17) is 9.15 Å². The van der Waals surface area contributed by atoms with E-state index in [1.165, 1.54) is 13.2 Å². The molecule has 0 saturated heterocycles. The van der Waals surface area contributed by atoms with Crippen molar-refractivity contribution < 1.29 is 18.7 Å². The molecule has 1 heterocycles. The zero-order valence-electron chi connectivity index (χ0n) is 15.5. The first-order chi connectivity index (χ1) is 13.1. The van der Waals surface area contributed by atoms with E-state index in [2.05, 4.69) is 9.88 Å². The Morgan fingerprint density at radius 3 is 2.59 bits per heavy atom. The molecule has 0 aliphatic heterocycles. The van der Waals surface area contributed by atoms with Gasteiger partial charge in [0.15, 0.2) is 0 Å². The molecule has 2 aromatic carbocycles. The van der Waals surface area contributed by atoms with Gasteiger partial charge in [-0.2, -0.15) is 0 Å². The van der Waals surface area contributed by atoms with Crippen LogP contribution in [0.5, 0.6) is 5.75 Å². The quantitative estimate of drug-likeness (QED) is 0.654. The maximum absolute atomic E-state index is 14.3. The predicted molar refractivity (Wildman–Crippen MR) is 101 cm³/mol. The molecule has 0 amide bonds. The van der Waals surface area contributed by atoms with Gasteiger partial charge in [-0.05, 0) is 24.6 Å². The van der Waals surface area contributed by atoms with E-state index in [9.17, 15) is 9.50 Å². The average Bonchev–Trinajstić information content (AvgIpc) is 3.02. The van der Waals surface area contributed by atoms with Crippen molar-refractivity contribution in [1.29, 1.82) is 0 Å². The summed E-state index contributed by atoms with van der Waals surface area (Å²) >= 11 is 0. The van der Waals surface area contributed by atoms with Crippen LogP contribution in [0.25, 0.3) is 11.5 Å². The molecule has 0 aliphatic carbocycles. The van der Waals surface area contributed by atoms with Crippen molar-refractivity contribution in [3.63, 3.8) is 0 Å². The lowest BCUT2D eigenvalue weighted by molar-refractivity contribution is 0.182. The van der Waals surface area contributed by atoms with Gasteiger partial charge in [-0.15, -0.1) is 0 Å². The Balaban J connectivity index is 1.80. The molecule has 1 aromatic heterocycles. The summed E-state index contributed by atoms with van der Waals surface area (Å²) in [7, 11) is 1.49. The highest BCUT2D eigenvalue weighted by atomic mass is 19.1. The van der Waals surface area contributed by atoms with Gasteiger partial charge >= 0.3 is 0 Å². The number of aryl methyl sites for hydroxylation is 1. The van der Waals surface area contributed by atoms with Crippen molar-refractivity contribution in [1.82, 2.24) is 9.88 Å². The van der Waals surface area contributed by atoms with Gasteiger partial charge in [0.1, 0.15) is 17.3 Å². The highest BCUT2D eigenvalue weighted by Gasteiger charge is 2.18. The minimum atomic E-state index is -0.446. The summed E-state index contributed by atoms with van der Waals surface area (Å²) in [5, 5.41) is 9.38. The van der Waals surface area contributed by atoms with Crippen LogP contribution in [-0.4, -0.2) is 35.3 Å². The molecule has 0 radical (unpaired) electrons. The molecule has 6 heteroatoms. The summed E-state index contributed by atoms with van der Waals surface area (Å²) in [4.78, 5) is 6.57. The largest absolute Gasteiger partial charge is 0.497 e. The number of nitrogens with zero attached hydrogens (tertiary/aromatic N) is 2. The third kappa shape index (κ3) is 4.72. The number of aromatic nitrogens is 1. The summed E-state index contributed by atoms with van der Waals surface area (Å²) in [6.07, 6.45) is 0. The van der Waals surface area contributed by atoms with Crippen molar-refractivity contribution in [3.8, 4) is 17.2 Å². The van der Waals surface area contributed by atoms with Crippen LogP contribution in [-0.2, 0) is 13.1 Å². The van der Waals surface area contributed by atoms with Gasteiger partial charge in [0.25, 0.3) is 0 Å². The molecule has 3 rings (SSSR count). The molecule has 0 unspecified atom stereocenters. The van der Waals surface area contributed by atoms with Crippen LogP contribution in [0.1, 0.15) is 17.0 Å². The highest BCUT2D eigenvalue weighted by Crippen LogP contribution is 2.27. The van der Waals surface area contributed by atoms with E-state index in [0.29, 0.717) is 36.7 Å². The molecule has 0 spiro atoms. The van der Waals surface area contributed by atoms with Gasteiger partial charge < -0.3 is 14.3 Å². The fraction of sp³-hybridized carbons (Fsp3) is 0.286. The van der Waals surface area contributed by atoms with E-state index < -0.39 is 5.82 Å². The summed E-state index contributed by atoms with van der Waals surface area (Å²) < 4.78 is 25.0. The van der Waals surface area contributed by atoms with Crippen LogP contribution in [0, 0.1) is 12.7 Å². The molecule has 3 aromatic rings. The topological polar surface area (TPSA) is 58.7 Å². The lowest BCUT2D eigenvalue weighted by Gasteiger charge is -2.20. The second-order valence-corrected chi connectivity index (χ2v) is 6.29. The molecule has 0 aliphatic rings. The van der Waals surface area contributed by atoms with Crippen molar-refractivity contribution in [2.24, 2.45) is 0 Å². The predicted octanol–water partition coefficient (Wildman–Crippen LogP) is 3.79. The second-order valence-electron chi connectivity index (χ2n) is 6.29. The van der Waals surface area contributed by atoms with Crippen LogP contribution in [0.15, 0.2) is 52.9 Å². The first kappa shape index (κ1) is 19.1. The molecular formula is C21H23FN2O3. The van der Waals surface area contributed by atoms with E-state index in [-0.39, 0.29) is 12.5 Å². The fourth-order valence-electron chi connectivity index (χ4n) is 2.90. The number of aliphatic hydroxyl groups excluding tert-OH is 1. The number of rotatable bonds is 8.